The number of nitrogens with two attached hydrogens (primary N) is 1. The summed E-state index contributed by atoms with van der Waals surface area (Å²) in [6.07, 6.45) is 0.826. The minimum Gasteiger partial charge on any atom is -0.339 e. The summed E-state index contributed by atoms with van der Waals surface area (Å²) in [5, 5.41) is 0. The molecule has 0 aliphatic carbocycles. The second-order valence-corrected chi connectivity index (χ2v) is 4.66. The van der Waals surface area contributed by atoms with Gasteiger partial charge in [-0.1, -0.05) is 17.7 Å². The van der Waals surface area contributed by atoms with Crippen LogP contribution < -0.4 is 5.73 Å². The average molecular weight is 234 g/mol. The normalized spacial score (nSPS) is 12.3. The monoisotopic (exact) mass is 234 g/mol. The van der Waals surface area contributed by atoms with Crippen LogP contribution in [0.5, 0.6) is 0 Å². The lowest BCUT2D eigenvalue weighted by molar-refractivity contribution is 0.0738. The Morgan fingerprint density at radius 2 is 2.06 bits per heavy atom. The summed E-state index contributed by atoms with van der Waals surface area (Å²) >= 11 is 0. The van der Waals surface area contributed by atoms with Gasteiger partial charge in [0.2, 0.25) is 0 Å². The van der Waals surface area contributed by atoms with Crippen molar-refractivity contribution in [2.75, 3.05) is 13.6 Å². The van der Waals surface area contributed by atoms with Crippen LogP contribution in [0.25, 0.3) is 0 Å². The number of amides is 1. The van der Waals surface area contributed by atoms with Gasteiger partial charge in [0, 0.05) is 18.7 Å². The van der Waals surface area contributed by atoms with E-state index in [4.69, 9.17) is 5.73 Å². The third kappa shape index (κ3) is 3.30. The predicted molar refractivity (Wildman–Crippen MR) is 71.1 cm³/mol. The van der Waals surface area contributed by atoms with Crippen molar-refractivity contribution < 1.29 is 4.79 Å². The van der Waals surface area contributed by atoms with Gasteiger partial charge in [-0.2, -0.15) is 0 Å². The zero-order valence-corrected chi connectivity index (χ0v) is 11.2. The van der Waals surface area contributed by atoms with E-state index in [1.807, 2.05) is 46.0 Å². The maximum Gasteiger partial charge on any atom is 0.254 e. The maximum atomic E-state index is 12.3. The number of hydrogen-bond acceptors (Lipinski definition) is 2. The number of carbonyl (C=O) groups excluding carboxylic acids is 1. The van der Waals surface area contributed by atoms with Gasteiger partial charge >= 0.3 is 0 Å². The highest BCUT2D eigenvalue weighted by atomic mass is 16.2. The van der Waals surface area contributed by atoms with Gasteiger partial charge in [0.1, 0.15) is 0 Å². The number of benzene rings is 1. The van der Waals surface area contributed by atoms with Crippen LogP contribution >= 0.6 is 0 Å². The Bertz CT molecular complexity index is 401. The van der Waals surface area contributed by atoms with Crippen molar-refractivity contribution in [2.45, 2.75) is 33.2 Å². The van der Waals surface area contributed by atoms with Crippen LogP contribution in [-0.2, 0) is 0 Å². The highest BCUT2D eigenvalue weighted by Gasteiger charge is 2.18. The molecule has 0 bridgehead atoms. The molecule has 0 aliphatic rings. The zero-order valence-electron chi connectivity index (χ0n) is 11.2. The number of carbonyl (C=O) groups is 1. The summed E-state index contributed by atoms with van der Waals surface area (Å²) in [6, 6.07) is 6.13. The van der Waals surface area contributed by atoms with Gasteiger partial charge in [0.05, 0.1) is 0 Å². The lowest BCUT2D eigenvalue weighted by Crippen LogP contribution is -2.36. The fourth-order valence-corrected chi connectivity index (χ4v) is 1.79. The SMILES string of the molecule is Cc1ccc(C)c(C(=O)N(C)C(C)CCN)c1. The zero-order chi connectivity index (χ0) is 13.0. The Morgan fingerprint density at radius 1 is 1.41 bits per heavy atom. The third-order valence-corrected chi connectivity index (χ3v) is 3.19. The van der Waals surface area contributed by atoms with E-state index < -0.39 is 0 Å². The number of aryl methyl sites for hydroxylation is 2. The van der Waals surface area contributed by atoms with Crippen LogP contribution in [0.15, 0.2) is 18.2 Å². The summed E-state index contributed by atoms with van der Waals surface area (Å²) in [7, 11) is 1.84. The lowest BCUT2D eigenvalue weighted by Gasteiger charge is -2.25. The quantitative estimate of drug-likeness (QED) is 0.867. The molecule has 1 aromatic rings. The first-order valence-electron chi connectivity index (χ1n) is 6.02. The minimum atomic E-state index is 0.0761. The molecule has 94 valence electrons. The summed E-state index contributed by atoms with van der Waals surface area (Å²) in [6.45, 7) is 6.59. The molecule has 1 unspecified atom stereocenters. The first-order chi connectivity index (χ1) is 7.97. The highest BCUT2D eigenvalue weighted by Crippen LogP contribution is 2.14. The molecule has 2 N–H and O–H groups in total. The van der Waals surface area contributed by atoms with E-state index in [-0.39, 0.29) is 11.9 Å². The van der Waals surface area contributed by atoms with Gasteiger partial charge in [0.15, 0.2) is 0 Å². The van der Waals surface area contributed by atoms with Gasteiger partial charge in [-0.25, -0.2) is 0 Å². The summed E-state index contributed by atoms with van der Waals surface area (Å²) in [4.78, 5) is 14.1. The topological polar surface area (TPSA) is 46.3 Å². The van der Waals surface area contributed by atoms with Crippen LogP contribution in [0.1, 0.15) is 34.8 Å². The third-order valence-electron chi connectivity index (χ3n) is 3.19. The first kappa shape index (κ1) is 13.7. The molecule has 0 saturated carbocycles. The Labute approximate surface area is 104 Å². The summed E-state index contributed by atoms with van der Waals surface area (Å²) < 4.78 is 0. The second kappa shape index (κ2) is 5.82. The van der Waals surface area contributed by atoms with E-state index in [9.17, 15) is 4.79 Å². The molecule has 1 rings (SSSR count). The number of hydrogen-bond donors (Lipinski definition) is 1. The largest absolute Gasteiger partial charge is 0.339 e. The number of nitrogens with zero attached hydrogens (tertiary/aromatic N) is 1. The Morgan fingerprint density at radius 3 is 2.65 bits per heavy atom. The van der Waals surface area contributed by atoms with E-state index in [0.717, 1.165) is 23.1 Å². The smallest absolute Gasteiger partial charge is 0.254 e. The van der Waals surface area contributed by atoms with E-state index in [2.05, 4.69) is 0 Å². The summed E-state index contributed by atoms with van der Waals surface area (Å²) in [5.74, 6) is 0.0761. The minimum absolute atomic E-state index is 0.0761. The molecule has 0 spiro atoms. The highest BCUT2D eigenvalue weighted by molar-refractivity contribution is 5.95. The van der Waals surface area contributed by atoms with Crippen molar-refractivity contribution in [1.29, 1.82) is 0 Å². The molecule has 0 aromatic heterocycles. The lowest BCUT2D eigenvalue weighted by atomic mass is 10.0. The number of rotatable bonds is 4. The van der Waals surface area contributed by atoms with Crippen molar-refractivity contribution in [3.05, 3.63) is 34.9 Å². The van der Waals surface area contributed by atoms with Crippen LogP contribution in [-0.4, -0.2) is 30.4 Å². The first-order valence-corrected chi connectivity index (χ1v) is 6.02. The molecule has 17 heavy (non-hydrogen) atoms. The van der Waals surface area contributed by atoms with Crippen LogP contribution in [0.3, 0.4) is 0 Å². The Hall–Kier alpha value is -1.35. The Kier molecular flexibility index (Phi) is 4.70. The molecule has 1 amide bonds. The molecule has 0 aliphatic heterocycles. The predicted octanol–water partition coefficient (Wildman–Crippen LogP) is 2.11. The molecular formula is C14H22N2O. The molecule has 0 heterocycles. The maximum absolute atomic E-state index is 12.3. The van der Waals surface area contributed by atoms with E-state index in [0.29, 0.717) is 6.54 Å². The average Bonchev–Trinajstić information content (AvgIpc) is 2.30. The second-order valence-electron chi connectivity index (χ2n) is 4.66. The molecule has 3 heteroatoms. The molecule has 1 atom stereocenters. The molecule has 3 nitrogen and oxygen atoms in total. The van der Waals surface area contributed by atoms with Crippen molar-refractivity contribution in [2.24, 2.45) is 5.73 Å². The van der Waals surface area contributed by atoms with Crippen molar-refractivity contribution in [1.82, 2.24) is 4.90 Å². The van der Waals surface area contributed by atoms with Gasteiger partial charge in [0.25, 0.3) is 5.91 Å². The van der Waals surface area contributed by atoms with E-state index in [1.54, 1.807) is 4.90 Å². The summed E-state index contributed by atoms with van der Waals surface area (Å²) in [5.41, 5.74) is 8.44. The standard InChI is InChI=1S/C14H22N2O/c1-10-5-6-11(2)13(9-10)14(17)16(4)12(3)7-8-15/h5-6,9,12H,7-8,15H2,1-4H3. The molecule has 1 aromatic carbocycles. The van der Waals surface area contributed by atoms with Gasteiger partial charge in [-0.3, -0.25) is 4.79 Å². The van der Waals surface area contributed by atoms with Gasteiger partial charge in [-0.05, 0) is 45.4 Å². The Balaban J connectivity index is 2.92. The molecular weight excluding hydrogens is 212 g/mol. The molecule has 0 saturated heterocycles. The fourth-order valence-electron chi connectivity index (χ4n) is 1.79. The van der Waals surface area contributed by atoms with Crippen LogP contribution in [0.4, 0.5) is 0 Å². The van der Waals surface area contributed by atoms with Gasteiger partial charge < -0.3 is 10.6 Å². The van der Waals surface area contributed by atoms with E-state index >= 15 is 0 Å². The van der Waals surface area contributed by atoms with Crippen molar-refractivity contribution >= 4 is 5.91 Å². The van der Waals surface area contributed by atoms with E-state index in [1.165, 1.54) is 0 Å². The van der Waals surface area contributed by atoms with Crippen molar-refractivity contribution in [3.63, 3.8) is 0 Å². The van der Waals surface area contributed by atoms with Crippen LogP contribution in [0, 0.1) is 13.8 Å². The van der Waals surface area contributed by atoms with Crippen LogP contribution in [0.2, 0.25) is 0 Å². The van der Waals surface area contributed by atoms with Crippen molar-refractivity contribution in [3.8, 4) is 0 Å². The molecule has 0 fully saturated rings. The molecule has 0 radical (unpaired) electrons. The van der Waals surface area contributed by atoms with Gasteiger partial charge in [-0.15, -0.1) is 0 Å². The fraction of sp³-hybridized carbons (Fsp3) is 0.500.